The topological polar surface area (TPSA) is 43.8 Å². The summed E-state index contributed by atoms with van der Waals surface area (Å²) in [5.74, 6) is -3.08. The van der Waals surface area contributed by atoms with Crippen LogP contribution in [0.4, 0.5) is 19.0 Å². The number of halogens is 3. The Morgan fingerprint density at radius 1 is 1.16 bits per heavy atom. The van der Waals surface area contributed by atoms with Gasteiger partial charge < -0.3 is 10.3 Å². The molecule has 0 aliphatic rings. The van der Waals surface area contributed by atoms with Crippen molar-refractivity contribution in [3.8, 4) is 11.3 Å². The second kappa shape index (κ2) is 4.60. The molecule has 102 valence electrons. The molecule has 0 spiro atoms. The van der Waals surface area contributed by atoms with Gasteiger partial charge in [-0.2, -0.15) is 0 Å². The van der Waals surface area contributed by atoms with Gasteiger partial charge in [0.1, 0.15) is 17.3 Å². The number of anilines is 1. The van der Waals surface area contributed by atoms with Crippen LogP contribution in [0.5, 0.6) is 0 Å². The molecule has 19 heavy (non-hydrogen) atoms. The molecule has 0 unspecified atom stereocenters. The highest BCUT2D eigenvalue weighted by Crippen LogP contribution is 2.30. The molecule has 6 heteroatoms. The first kappa shape index (κ1) is 13.5. The van der Waals surface area contributed by atoms with Crippen molar-refractivity contribution in [1.29, 1.82) is 0 Å². The molecule has 2 N–H and O–H groups in total. The van der Waals surface area contributed by atoms with E-state index in [1.54, 1.807) is 11.5 Å². The van der Waals surface area contributed by atoms with Crippen LogP contribution in [-0.4, -0.2) is 9.55 Å². The van der Waals surface area contributed by atoms with Crippen molar-refractivity contribution >= 4 is 5.82 Å². The second-order valence-corrected chi connectivity index (χ2v) is 4.61. The monoisotopic (exact) mass is 269 g/mol. The zero-order valence-corrected chi connectivity index (χ0v) is 10.8. The number of nitrogen functional groups attached to an aromatic ring is 1. The van der Waals surface area contributed by atoms with Crippen LogP contribution in [-0.2, 0) is 0 Å². The zero-order valence-electron chi connectivity index (χ0n) is 10.8. The summed E-state index contributed by atoms with van der Waals surface area (Å²) in [5, 5.41) is 0. The summed E-state index contributed by atoms with van der Waals surface area (Å²) in [5.41, 5.74) is 6.31. The van der Waals surface area contributed by atoms with Gasteiger partial charge in [-0.3, -0.25) is 0 Å². The third-order valence-electron chi connectivity index (χ3n) is 2.90. The number of aryl methyl sites for hydroxylation is 1. The van der Waals surface area contributed by atoms with Crippen LogP contribution in [0.1, 0.15) is 25.7 Å². The number of imidazole rings is 1. The number of nitrogens with zero attached hydrogens (tertiary/aromatic N) is 2. The summed E-state index contributed by atoms with van der Waals surface area (Å²) >= 11 is 0. The van der Waals surface area contributed by atoms with Gasteiger partial charge in [0.15, 0.2) is 17.5 Å². The summed E-state index contributed by atoms with van der Waals surface area (Å²) in [6.45, 7) is 5.58. The third-order valence-corrected chi connectivity index (χ3v) is 2.90. The number of benzene rings is 1. The van der Waals surface area contributed by atoms with Crippen LogP contribution in [0.2, 0.25) is 0 Å². The lowest BCUT2D eigenvalue weighted by Gasteiger charge is -2.11. The molecule has 0 amide bonds. The number of nitrogens with two attached hydrogens (primary N) is 1. The molecule has 0 radical (unpaired) electrons. The van der Waals surface area contributed by atoms with E-state index in [1.165, 1.54) is 0 Å². The first-order valence-electron chi connectivity index (χ1n) is 5.82. The average molecular weight is 269 g/mol. The molecule has 1 aromatic carbocycles. The predicted molar refractivity (Wildman–Crippen MR) is 67.1 cm³/mol. The minimum absolute atomic E-state index is 0.0661. The lowest BCUT2D eigenvalue weighted by Crippen LogP contribution is -2.07. The number of hydrogen-bond donors (Lipinski definition) is 1. The quantitative estimate of drug-likeness (QED) is 0.849. The second-order valence-electron chi connectivity index (χ2n) is 4.61. The largest absolute Gasteiger partial charge is 0.383 e. The van der Waals surface area contributed by atoms with E-state index in [-0.39, 0.29) is 17.3 Å². The van der Waals surface area contributed by atoms with Gasteiger partial charge in [-0.15, -0.1) is 0 Å². The van der Waals surface area contributed by atoms with Gasteiger partial charge in [-0.05, 0) is 32.9 Å². The fourth-order valence-electron chi connectivity index (χ4n) is 2.12. The SMILES string of the molecule is Cc1nc(-c2cc(F)c(F)c(F)c2)c(N)n1C(C)C. The van der Waals surface area contributed by atoms with Gasteiger partial charge in [0.05, 0.1) is 0 Å². The minimum Gasteiger partial charge on any atom is -0.383 e. The third kappa shape index (κ3) is 2.18. The first-order chi connectivity index (χ1) is 8.82. The number of hydrogen-bond acceptors (Lipinski definition) is 2. The van der Waals surface area contributed by atoms with E-state index in [1.807, 2.05) is 13.8 Å². The van der Waals surface area contributed by atoms with E-state index in [4.69, 9.17) is 5.73 Å². The van der Waals surface area contributed by atoms with E-state index in [2.05, 4.69) is 4.98 Å². The van der Waals surface area contributed by atoms with E-state index in [9.17, 15) is 13.2 Å². The lowest BCUT2D eigenvalue weighted by molar-refractivity contribution is 0.447. The Hall–Kier alpha value is -1.98. The zero-order chi connectivity index (χ0) is 14.3. The van der Waals surface area contributed by atoms with Crippen LogP contribution < -0.4 is 5.73 Å². The maximum Gasteiger partial charge on any atom is 0.194 e. The molecule has 1 aromatic heterocycles. The van der Waals surface area contributed by atoms with Gasteiger partial charge in [0.25, 0.3) is 0 Å². The van der Waals surface area contributed by atoms with Crippen molar-refractivity contribution in [3.63, 3.8) is 0 Å². The number of rotatable bonds is 2. The highest BCUT2D eigenvalue weighted by Gasteiger charge is 2.19. The molecule has 2 aromatic rings. The average Bonchev–Trinajstić information content (AvgIpc) is 2.61. The van der Waals surface area contributed by atoms with Crippen molar-refractivity contribution in [1.82, 2.24) is 9.55 Å². The summed E-state index contributed by atoms with van der Waals surface area (Å²) < 4.78 is 41.1. The Labute approximate surface area is 108 Å². The molecule has 0 saturated carbocycles. The predicted octanol–water partition coefficient (Wildman–Crippen LogP) is 3.44. The lowest BCUT2D eigenvalue weighted by atomic mass is 10.1. The van der Waals surface area contributed by atoms with Gasteiger partial charge in [0.2, 0.25) is 0 Å². The highest BCUT2D eigenvalue weighted by molar-refractivity contribution is 5.71. The van der Waals surface area contributed by atoms with Crippen molar-refractivity contribution < 1.29 is 13.2 Å². The molecule has 3 nitrogen and oxygen atoms in total. The summed E-state index contributed by atoms with van der Waals surface area (Å²) in [4.78, 5) is 4.20. The van der Waals surface area contributed by atoms with Crippen molar-refractivity contribution in [2.75, 3.05) is 5.73 Å². The van der Waals surface area contributed by atoms with Crippen LogP contribution in [0, 0.1) is 24.4 Å². The minimum atomic E-state index is -1.50. The van der Waals surface area contributed by atoms with Crippen LogP contribution in [0.25, 0.3) is 11.3 Å². The standard InChI is InChI=1S/C13H14F3N3/c1-6(2)19-7(3)18-12(13(19)17)8-4-9(14)11(16)10(15)5-8/h4-6H,17H2,1-3H3. The normalized spacial score (nSPS) is 11.3. The highest BCUT2D eigenvalue weighted by atomic mass is 19.2. The summed E-state index contributed by atoms with van der Waals surface area (Å²) in [7, 11) is 0. The van der Waals surface area contributed by atoms with Crippen molar-refractivity contribution in [2.45, 2.75) is 26.8 Å². The van der Waals surface area contributed by atoms with Gasteiger partial charge in [-0.1, -0.05) is 0 Å². The van der Waals surface area contributed by atoms with Crippen LogP contribution >= 0.6 is 0 Å². The molecule has 0 bridgehead atoms. The number of aromatic nitrogens is 2. The Morgan fingerprint density at radius 2 is 1.68 bits per heavy atom. The van der Waals surface area contributed by atoms with E-state index < -0.39 is 17.5 Å². The van der Waals surface area contributed by atoms with Crippen LogP contribution in [0.3, 0.4) is 0 Å². The molecule has 0 saturated heterocycles. The van der Waals surface area contributed by atoms with Crippen LogP contribution in [0.15, 0.2) is 12.1 Å². The van der Waals surface area contributed by atoms with E-state index in [0.29, 0.717) is 11.6 Å². The van der Waals surface area contributed by atoms with Crippen molar-refractivity contribution in [3.05, 3.63) is 35.4 Å². The summed E-state index contributed by atoms with van der Waals surface area (Å²) in [6.07, 6.45) is 0. The van der Waals surface area contributed by atoms with E-state index >= 15 is 0 Å². The Bertz CT molecular complexity index is 609. The molecule has 1 heterocycles. The van der Waals surface area contributed by atoms with Gasteiger partial charge >= 0.3 is 0 Å². The molecule has 0 aliphatic carbocycles. The van der Waals surface area contributed by atoms with Crippen molar-refractivity contribution in [2.24, 2.45) is 0 Å². The maximum absolute atomic E-state index is 13.2. The van der Waals surface area contributed by atoms with Gasteiger partial charge in [-0.25, -0.2) is 18.2 Å². The smallest absolute Gasteiger partial charge is 0.194 e. The molecule has 2 rings (SSSR count). The van der Waals surface area contributed by atoms with Gasteiger partial charge in [0, 0.05) is 11.6 Å². The van der Waals surface area contributed by atoms with E-state index in [0.717, 1.165) is 12.1 Å². The Balaban J connectivity index is 2.63. The molecule has 0 aliphatic heterocycles. The molecule has 0 fully saturated rings. The first-order valence-corrected chi connectivity index (χ1v) is 5.82. The fraction of sp³-hybridized carbons (Fsp3) is 0.308. The Morgan fingerprint density at radius 3 is 2.11 bits per heavy atom. The Kier molecular flexibility index (Phi) is 3.26. The maximum atomic E-state index is 13.2. The fourth-order valence-corrected chi connectivity index (χ4v) is 2.12. The summed E-state index contributed by atoms with van der Waals surface area (Å²) in [6, 6.07) is 1.85. The molecule has 0 atom stereocenters. The molecular formula is C13H14F3N3. The molecular weight excluding hydrogens is 255 g/mol.